The molecule has 90 valence electrons. The Morgan fingerprint density at radius 1 is 1.69 bits per heavy atom. The SMILES string of the molecule is CNC(Cc1nc(C)cs1)CC1CCCO1. The Kier molecular flexibility index (Phi) is 4.32. The van der Waals surface area contributed by atoms with E-state index in [0.717, 1.165) is 25.1 Å². The minimum Gasteiger partial charge on any atom is -0.378 e. The zero-order valence-electron chi connectivity index (χ0n) is 10.0. The molecule has 2 heterocycles. The van der Waals surface area contributed by atoms with Crippen LogP contribution >= 0.6 is 11.3 Å². The average Bonchev–Trinajstić information content (AvgIpc) is 2.89. The maximum atomic E-state index is 5.67. The normalized spacial score (nSPS) is 22.5. The number of hydrogen-bond donors (Lipinski definition) is 1. The second-order valence-electron chi connectivity index (χ2n) is 4.44. The van der Waals surface area contributed by atoms with E-state index >= 15 is 0 Å². The van der Waals surface area contributed by atoms with Gasteiger partial charge in [-0.2, -0.15) is 0 Å². The van der Waals surface area contributed by atoms with Gasteiger partial charge in [-0.05, 0) is 33.2 Å². The van der Waals surface area contributed by atoms with Crippen LogP contribution in [0.4, 0.5) is 0 Å². The molecule has 0 aliphatic carbocycles. The first kappa shape index (κ1) is 12.0. The van der Waals surface area contributed by atoms with Crippen LogP contribution in [0.2, 0.25) is 0 Å². The molecule has 3 nitrogen and oxygen atoms in total. The van der Waals surface area contributed by atoms with E-state index in [9.17, 15) is 0 Å². The molecule has 4 heteroatoms. The smallest absolute Gasteiger partial charge is 0.0943 e. The number of aryl methyl sites for hydroxylation is 1. The number of rotatable bonds is 5. The number of ether oxygens (including phenoxy) is 1. The van der Waals surface area contributed by atoms with Crippen LogP contribution in [0, 0.1) is 6.92 Å². The Morgan fingerprint density at radius 3 is 3.12 bits per heavy atom. The van der Waals surface area contributed by atoms with Gasteiger partial charge in [0.1, 0.15) is 0 Å². The molecule has 1 aromatic rings. The molecule has 0 radical (unpaired) electrons. The third kappa shape index (κ3) is 3.27. The molecule has 0 amide bonds. The van der Waals surface area contributed by atoms with Crippen molar-refractivity contribution < 1.29 is 4.74 Å². The molecule has 1 N–H and O–H groups in total. The van der Waals surface area contributed by atoms with Gasteiger partial charge >= 0.3 is 0 Å². The lowest BCUT2D eigenvalue weighted by atomic mass is 10.0. The number of nitrogens with one attached hydrogen (secondary N) is 1. The van der Waals surface area contributed by atoms with Gasteiger partial charge in [0.05, 0.1) is 11.1 Å². The second-order valence-corrected chi connectivity index (χ2v) is 5.39. The summed E-state index contributed by atoms with van der Waals surface area (Å²) in [5.41, 5.74) is 1.13. The van der Waals surface area contributed by atoms with Crippen molar-refractivity contribution in [3.8, 4) is 0 Å². The molecule has 0 spiro atoms. The zero-order chi connectivity index (χ0) is 11.4. The van der Waals surface area contributed by atoms with E-state index in [1.165, 1.54) is 17.8 Å². The molecule has 1 saturated heterocycles. The summed E-state index contributed by atoms with van der Waals surface area (Å²) in [6.07, 6.45) is 5.02. The third-order valence-electron chi connectivity index (χ3n) is 3.07. The highest BCUT2D eigenvalue weighted by molar-refractivity contribution is 7.09. The van der Waals surface area contributed by atoms with Crippen molar-refractivity contribution in [2.75, 3.05) is 13.7 Å². The van der Waals surface area contributed by atoms with Crippen molar-refractivity contribution in [3.05, 3.63) is 16.1 Å². The zero-order valence-corrected chi connectivity index (χ0v) is 10.8. The summed E-state index contributed by atoms with van der Waals surface area (Å²) < 4.78 is 5.67. The highest BCUT2D eigenvalue weighted by Crippen LogP contribution is 2.19. The fourth-order valence-corrected chi connectivity index (χ4v) is 3.01. The Hall–Kier alpha value is -0.450. The summed E-state index contributed by atoms with van der Waals surface area (Å²) in [5.74, 6) is 0. The first-order valence-corrected chi connectivity index (χ1v) is 6.85. The summed E-state index contributed by atoms with van der Waals surface area (Å²) in [5, 5.41) is 6.72. The summed E-state index contributed by atoms with van der Waals surface area (Å²) in [7, 11) is 2.03. The lowest BCUT2D eigenvalue weighted by Crippen LogP contribution is -2.31. The minimum absolute atomic E-state index is 0.457. The van der Waals surface area contributed by atoms with Crippen LogP contribution in [-0.2, 0) is 11.2 Å². The molecule has 16 heavy (non-hydrogen) atoms. The Labute approximate surface area is 101 Å². The van der Waals surface area contributed by atoms with E-state index in [2.05, 4.69) is 22.6 Å². The Balaban J connectivity index is 1.84. The number of aromatic nitrogens is 1. The summed E-state index contributed by atoms with van der Waals surface area (Å²) in [6.45, 7) is 2.99. The van der Waals surface area contributed by atoms with Crippen LogP contribution in [0.15, 0.2) is 5.38 Å². The average molecular weight is 240 g/mol. The quantitative estimate of drug-likeness (QED) is 0.856. The molecular formula is C12H20N2OS. The maximum Gasteiger partial charge on any atom is 0.0943 e. The van der Waals surface area contributed by atoms with Crippen LogP contribution in [0.3, 0.4) is 0 Å². The van der Waals surface area contributed by atoms with Crippen molar-refractivity contribution in [2.45, 2.75) is 44.8 Å². The van der Waals surface area contributed by atoms with E-state index in [4.69, 9.17) is 4.74 Å². The summed E-state index contributed by atoms with van der Waals surface area (Å²) in [4.78, 5) is 4.51. The predicted molar refractivity (Wildman–Crippen MR) is 67.0 cm³/mol. The lowest BCUT2D eigenvalue weighted by molar-refractivity contribution is 0.0954. The molecule has 2 unspecified atom stereocenters. The van der Waals surface area contributed by atoms with Gasteiger partial charge < -0.3 is 10.1 Å². The van der Waals surface area contributed by atoms with Gasteiger partial charge in [0, 0.05) is 30.1 Å². The number of hydrogen-bond acceptors (Lipinski definition) is 4. The number of nitrogens with zero attached hydrogens (tertiary/aromatic N) is 1. The standard InChI is InChI=1S/C12H20N2OS/c1-9-8-16-12(14-9)7-10(13-2)6-11-4-3-5-15-11/h8,10-11,13H,3-7H2,1-2H3. The minimum atomic E-state index is 0.457. The molecule has 1 aliphatic heterocycles. The van der Waals surface area contributed by atoms with Crippen LogP contribution in [-0.4, -0.2) is 30.8 Å². The molecule has 2 atom stereocenters. The van der Waals surface area contributed by atoms with Gasteiger partial charge in [0.15, 0.2) is 0 Å². The molecule has 0 saturated carbocycles. The molecule has 0 aromatic carbocycles. The van der Waals surface area contributed by atoms with Crippen molar-refractivity contribution in [1.82, 2.24) is 10.3 Å². The molecule has 1 aromatic heterocycles. The molecule has 0 bridgehead atoms. The van der Waals surface area contributed by atoms with Gasteiger partial charge in [-0.1, -0.05) is 0 Å². The van der Waals surface area contributed by atoms with Crippen molar-refractivity contribution in [3.63, 3.8) is 0 Å². The fourth-order valence-electron chi connectivity index (χ4n) is 2.16. The van der Waals surface area contributed by atoms with E-state index < -0.39 is 0 Å². The fraction of sp³-hybridized carbons (Fsp3) is 0.750. The van der Waals surface area contributed by atoms with Crippen LogP contribution in [0.25, 0.3) is 0 Å². The lowest BCUT2D eigenvalue weighted by Gasteiger charge is -2.18. The third-order valence-corrected chi connectivity index (χ3v) is 4.06. The number of thiazole rings is 1. The van der Waals surface area contributed by atoms with Crippen LogP contribution < -0.4 is 5.32 Å². The van der Waals surface area contributed by atoms with E-state index in [0.29, 0.717) is 12.1 Å². The van der Waals surface area contributed by atoms with Gasteiger partial charge in [0.25, 0.3) is 0 Å². The molecule has 1 fully saturated rings. The van der Waals surface area contributed by atoms with Gasteiger partial charge in [-0.25, -0.2) is 4.98 Å². The van der Waals surface area contributed by atoms with E-state index in [1.54, 1.807) is 11.3 Å². The second kappa shape index (κ2) is 5.75. The number of likely N-dealkylation sites (N-methyl/N-ethyl adjacent to an activating group) is 1. The maximum absolute atomic E-state index is 5.67. The van der Waals surface area contributed by atoms with Gasteiger partial charge in [-0.15, -0.1) is 11.3 Å². The first-order chi connectivity index (χ1) is 7.78. The van der Waals surface area contributed by atoms with Gasteiger partial charge in [0.2, 0.25) is 0 Å². The van der Waals surface area contributed by atoms with Crippen LogP contribution in [0.1, 0.15) is 30.0 Å². The summed E-state index contributed by atoms with van der Waals surface area (Å²) >= 11 is 1.76. The molecule has 2 rings (SSSR count). The largest absolute Gasteiger partial charge is 0.378 e. The van der Waals surface area contributed by atoms with Crippen molar-refractivity contribution in [1.29, 1.82) is 0 Å². The van der Waals surface area contributed by atoms with Gasteiger partial charge in [-0.3, -0.25) is 0 Å². The van der Waals surface area contributed by atoms with Crippen LogP contribution in [0.5, 0.6) is 0 Å². The van der Waals surface area contributed by atoms with E-state index in [-0.39, 0.29) is 0 Å². The first-order valence-electron chi connectivity index (χ1n) is 5.98. The topological polar surface area (TPSA) is 34.2 Å². The van der Waals surface area contributed by atoms with Crippen molar-refractivity contribution in [2.24, 2.45) is 0 Å². The Morgan fingerprint density at radius 2 is 2.56 bits per heavy atom. The highest BCUT2D eigenvalue weighted by atomic mass is 32.1. The van der Waals surface area contributed by atoms with E-state index in [1.807, 2.05) is 7.05 Å². The predicted octanol–water partition coefficient (Wildman–Crippen LogP) is 2.15. The Bertz CT molecular complexity index is 321. The molecule has 1 aliphatic rings. The monoisotopic (exact) mass is 240 g/mol. The van der Waals surface area contributed by atoms with Crippen molar-refractivity contribution >= 4 is 11.3 Å². The highest BCUT2D eigenvalue weighted by Gasteiger charge is 2.20. The molecular weight excluding hydrogens is 220 g/mol. The summed E-state index contributed by atoms with van der Waals surface area (Å²) in [6, 6.07) is 0.494.